The predicted molar refractivity (Wildman–Crippen MR) is 101 cm³/mol. The highest BCUT2D eigenvalue weighted by Gasteiger charge is 2.27. The largest absolute Gasteiger partial charge is 0.370 e. The smallest absolute Gasteiger partial charge is 0.315 e. The number of rotatable bonds is 5. The Hall–Kier alpha value is -3.37. The number of hydrogen-bond acceptors (Lipinski definition) is 5. The van der Waals surface area contributed by atoms with Crippen molar-refractivity contribution in [3.8, 4) is 0 Å². The number of hydrogen-bond donors (Lipinski definition) is 6. The van der Waals surface area contributed by atoms with Gasteiger partial charge in [-0.1, -0.05) is 18.2 Å². The molecule has 3 atom stereocenters. The summed E-state index contributed by atoms with van der Waals surface area (Å²) in [5.41, 5.74) is 5.13. The maximum atomic E-state index is 12.5. The molecule has 0 aromatic carbocycles. The summed E-state index contributed by atoms with van der Waals surface area (Å²) in [6.07, 6.45) is 5.95. The lowest BCUT2D eigenvalue weighted by Crippen LogP contribution is -2.55. The van der Waals surface area contributed by atoms with Crippen molar-refractivity contribution in [3.05, 3.63) is 24.3 Å². The zero-order valence-corrected chi connectivity index (χ0v) is 15.8. The number of carbonyl (C=O) groups excluding carboxylic acids is 5. The summed E-state index contributed by atoms with van der Waals surface area (Å²) in [7, 11) is 1.35. The maximum absolute atomic E-state index is 12.5. The molecule has 0 aliphatic carbocycles. The van der Waals surface area contributed by atoms with Gasteiger partial charge in [0.05, 0.1) is 6.42 Å². The Kier molecular flexibility index (Phi) is 9.20. The van der Waals surface area contributed by atoms with Gasteiger partial charge in [0.2, 0.25) is 23.6 Å². The van der Waals surface area contributed by atoms with Crippen LogP contribution >= 0.6 is 0 Å². The molecule has 28 heavy (non-hydrogen) atoms. The standard InChI is InChI=1S/C17H26N6O5/c1-10-6-7-14(25)20-8-4-3-5-11(15(26)21-10)22-16(27)12(9-13(18)24)23-17(28)19-2/h3,5-7,10-12H,4,8-9H2,1-2H3,(H2,18,24)(H,20,25)(H,21,26)(H,22,27)(H2,19,23,28). The molecule has 1 aliphatic rings. The van der Waals surface area contributed by atoms with E-state index in [9.17, 15) is 24.0 Å². The summed E-state index contributed by atoms with van der Waals surface area (Å²) in [5.74, 6) is -2.31. The SMILES string of the molecule is CNC(=O)NC(CC(N)=O)C(=O)NC1C=CCCNC(=O)C=CC(C)NC1=O. The molecule has 6 amide bonds. The molecule has 1 rings (SSSR count). The fourth-order valence-electron chi connectivity index (χ4n) is 2.26. The molecule has 0 saturated carbocycles. The van der Waals surface area contributed by atoms with E-state index in [1.165, 1.54) is 25.3 Å². The minimum Gasteiger partial charge on any atom is -0.370 e. The Labute approximate surface area is 162 Å². The van der Waals surface area contributed by atoms with Gasteiger partial charge in [0.15, 0.2) is 0 Å². The van der Waals surface area contributed by atoms with Crippen molar-refractivity contribution < 1.29 is 24.0 Å². The molecule has 0 aromatic heterocycles. The third-order valence-electron chi connectivity index (χ3n) is 3.68. The molecule has 11 nitrogen and oxygen atoms in total. The van der Waals surface area contributed by atoms with Gasteiger partial charge in [0, 0.05) is 25.7 Å². The van der Waals surface area contributed by atoms with Gasteiger partial charge >= 0.3 is 6.03 Å². The van der Waals surface area contributed by atoms with E-state index in [2.05, 4.69) is 26.6 Å². The van der Waals surface area contributed by atoms with E-state index >= 15 is 0 Å². The second-order valence-electron chi connectivity index (χ2n) is 6.10. The third kappa shape index (κ3) is 8.34. The Morgan fingerprint density at radius 3 is 2.64 bits per heavy atom. The van der Waals surface area contributed by atoms with Crippen LogP contribution in [0.15, 0.2) is 24.3 Å². The second kappa shape index (κ2) is 11.4. The fraction of sp³-hybridized carbons (Fsp3) is 0.471. The first-order valence-corrected chi connectivity index (χ1v) is 8.73. The summed E-state index contributed by atoms with van der Waals surface area (Å²) < 4.78 is 0. The lowest BCUT2D eigenvalue weighted by atomic mass is 10.1. The van der Waals surface area contributed by atoms with Gasteiger partial charge in [0.1, 0.15) is 12.1 Å². The Bertz CT molecular complexity index is 675. The van der Waals surface area contributed by atoms with Crippen molar-refractivity contribution in [3.63, 3.8) is 0 Å². The second-order valence-corrected chi connectivity index (χ2v) is 6.10. The first-order valence-electron chi connectivity index (χ1n) is 8.73. The first-order chi connectivity index (χ1) is 13.2. The lowest BCUT2D eigenvalue weighted by molar-refractivity contribution is -0.130. The molecular formula is C17H26N6O5. The molecule has 0 aromatic rings. The average molecular weight is 394 g/mol. The van der Waals surface area contributed by atoms with Crippen molar-refractivity contribution in [2.24, 2.45) is 5.73 Å². The molecule has 0 spiro atoms. The van der Waals surface area contributed by atoms with Crippen LogP contribution in [0.4, 0.5) is 4.79 Å². The summed E-state index contributed by atoms with van der Waals surface area (Å²) in [6, 6.07) is -3.41. The molecule has 154 valence electrons. The van der Waals surface area contributed by atoms with Gasteiger partial charge < -0.3 is 32.3 Å². The van der Waals surface area contributed by atoms with Crippen molar-refractivity contribution in [1.29, 1.82) is 0 Å². The van der Waals surface area contributed by atoms with Gasteiger partial charge in [-0.3, -0.25) is 19.2 Å². The number of amides is 6. The van der Waals surface area contributed by atoms with Crippen LogP contribution < -0.4 is 32.3 Å². The van der Waals surface area contributed by atoms with E-state index in [1.807, 2.05) is 0 Å². The zero-order chi connectivity index (χ0) is 21.1. The van der Waals surface area contributed by atoms with Crippen LogP contribution in [0, 0.1) is 0 Å². The normalized spacial score (nSPS) is 21.2. The first kappa shape index (κ1) is 22.7. The van der Waals surface area contributed by atoms with E-state index < -0.39 is 48.3 Å². The Morgan fingerprint density at radius 2 is 2.00 bits per heavy atom. The lowest BCUT2D eigenvalue weighted by Gasteiger charge is -2.22. The monoisotopic (exact) mass is 394 g/mol. The molecule has 11 heteroatoms. The highest BCUT2D eigenvalue weighted by Crippen LogP contribution is 1.99. The van der Waals surface area contributed by atoms with Gasteiger partial charge in [-0.2, -0.15) is 0 Å². The third-order valence-corrected chi connectivity index (χ3v) is 3.68. The molecule has 0 saturated heterocycles. The summed E-state index contributed by atoms with van der Waals surface area (Å²) in [5, 5.41) is 12.4. The van der Waals surface area contributed by atoms with Crippen LogP contribution in [0.3, 0.4) is 0 Å². The number of nitrogens with one attached hydrogen (secondary N) is 5. The number of carbonyl (C=O) groups is 5. The van der Waals surface area contributed by atoms with E-state index in [4.69, 9.17) is 5.73 Å². The molecule has 7 N–H and O–H groups in total. The van der Waals surface area contributed by atoms with Gasteiger partial charge in [-0.05, 0) is 13.3 Å². The minimum atomic E-state index is -1.24. The molecule has 0 bridgehead atoms. The van der Waals surface area contributed by atoms with E-state index in [0.29, 0.717) is 13.0 Å². The topological polar surface area (TPSA) is 172 Å². The number of urea groups is 1. The van der Waals surface area contributed by atoms with Crippen molar-refractivity contribution >= 4 is 29.7 Å². The zero-order valence-electron chi connectivity index (χ0n) is 15.8. The van der Waals surface area contributed by atoms with Gasteiger partial charge in [-0.15, -0.1) is 0 Å². The highest BCUT2D eigenvalue weighted by molar-refractivity contribution is 5.95. The highest BCUT2D eigenvalue weighted by atomic mass is 16.2. The van der Waals surface area contributed by atoms with Crippen LogP contribution in [0.5, 0.6) is 0 Å². The average Bonchev–Trinajstić information content (AvgIpc) is 2.62. The van der Waals surface area contributed by atoms with Crippen molar-refractivity contribution in [2.45, 2.75) is 37.9 Å². The van der Waals surface area contributed by atoms with Crippen LogP contribution in [0.25, 0.3) is 0 Å². The van der Waals surface area contributed by atoms with Crippen LogP contribution in [-0.4, -0.2) is 61.4 Å². The Balaban J connectivity index is 2.92. The maximum Gasteiger partial charge on any atom is 0.315 e. The van der Waals surface area contributed by atoms with E-state index in [1.54, 1.807) is 13.0 Å². The molecule has 0 fully saturated rings. The van der Waals surface area contributed by atoms with Gasteiger partial charge in [0.25, 0.3) is 0 Å². The number of primary amides is 1. The van der Waals surface area contributed by atoms with Crippen molar-refractivity contribution in [2.75, 3.05) is 13.6 Å². The van der Waals surface area contributed by atoms with Crippen LogP contribution in [0.1, 0.15) is 19.8 Å². The van der Waals surface area contributed by atoms with Crippen LogP contribution in [0.2, 0.25) is 0 Å². The summed E-state index contributed by atoms with van der Waals surface area (Å²) in [4.78, 5) is 59.2. The molecule has 3 unspecified atom stereocenters. The van der Waals surface area contributed by atoms with Gasteiger partial charge in [-0.25, -0.2) is 4.79 Å². The molecular weight excluding hydrogens is 368 g/mol. The molecule has 0 radical (unpaired) electrons. The molecule has 1 aliphatic heterocycles. The van der Waals surface area contributed by atoms with E-state index in [-0.39, 0.29) is 5.91 Å². The minimum absolute atomic E-state index is 0.269. The summed E-state index contributed by atoms with van der Waals surface area (Å²) in [6.45, 7) is 2.03. The Morgan fingerprint density at radius 1 is 1.29 bits per heavy atom. The fourth-order valence-corrected chi connectivity index (χ4v) is 2.26. The predicted octanol–water partition coefficient (Wildman–Crippen LogP) is -2.22. The van der Waals surface area contributed by atoms with E-state index in [0.717, 1.165) is 0 Å². The number of nitrogens with two attached hydrogens (primary N) is 1. The quantitative estimate of drug-likeness (QED) is 0.290. The van der Waals surface area contributed by atoms with Crippen molar-refractivity contribution in [1.82, 2.24) is 26.6 Å². The van der Waals surface area contributed by atoms with Crippen LogP contribution in [-0.2, 0) is 19.2 Å². The summed E-state index contributed by atoms with van der Waals surface area (Å²) >= 11 is 0. The molecule has 1 heterocycles.